The fourth-order valence-electron chi connectivity index (χ4n) is 3.24. The van der Waals surface area contributed by atoms with E-state index in [4.69, 9.17) is 0 Å². The molecule has 0 bridgehead atoms. The van der Waals surface area contributed by atoms with Gasteiger partial charge in [-0.15, -0.1) is 0 Å². The van der Waals surface area contributed by atoms with Crippen LogP contribution in [0.15, 0.2) is 36.5 Å². The Labute approximate surface area is 125 Å². The molecule has 0 aliphatic carbocycles. The summed E-state index contributed by atoms with van der Waals surface area (Å²) in [4.78, 5) is 17.3. The Morgan fingerprint density at radius 1 is 1.33 bits per heavy atom. The standard InChI is InChI=1S/C18H22N2O/c1-18(2,15-6-4-9-19-12-15)17(21)14-7-8-16-13(11-14)5-3-10-20-16/h3,5,7-8,10-11,15,19H,4,6,9,12H2,1-2H3. The number of benzene rings is 1. The van der Waals surface area contributed by atoms with Crippen molar-refractivity contribution in [3.8, 4) is 0 Å². The number of hydrogen-bond acceptors (Lipinski definition) is 3. The molecule has 0 saturated carbocycles. The number of Topliss-reactive ketones (excluding diaryl/α,β-unsaturated/α-hetero) is 1. The molecule has 3 heteroatoms. The summed E-state index contributed by atoms with van der Waals surface area (Å²) >= 11 is 0. The molecule has 2 heterocycles. The molecular weight excluding hydrogens is 260 g/mol. The number of ketones is 1. The highest BCUT2D eigenvalue weighted by Gasteiger charge is 2.37. The van der Waals surface area contributed by atoms with Crippen LogP contribution in [-0.4, -0.2) is 23.9 Å². The maximum absolute atomic E-state index is 13.0. The molecule has 110 valence electrons. The van der Waals surface area contributed by atoms with Crippen molar-refractivity contribution in [3.63, 3.8) is 0 Å². The summed E-state index contributed by atoms with van der Waals surface area (Å²) in [7, 11) is 0. The first kappa shape index (κ1) is 14.2. The van der Waals surface area contributed by atoms with Gasteiger partial charge in [0.25, 0.3) is 0 Å². The molecule has 1 atom stereocenters. The number of carbonyl (C=O) groups is 1. The molecular formula is C18H22N2O. The summed E-state index contributed by atoms with van der Waals surface area (Å²) in [6, 6.07) is 9.75. The Balaban J connectivity index is 1.91. The van der Waals surface area contributed by atoms with Gasteiger partial charge in [-0.2, -0.15) is 0 Å². The lowest BCUT2D eigenvalue weighted by atomic mass is 9.70. The molecule has 0 amide bonds. The van der Waals surface area contributed by atoms with Gasteiger partial charge in [-0.05, 0) is 56.1 Å². The van der Waals surface area contributed by atoms with Gasteiger partial charge in [0.05, 0.1) is 5.52 Å². The molecule has 1 unspecified atom stereocenters. The highest BCUT2D eigenvalue weighted by molar-refractivity contribution is 6.02. The van der Waals surface area contributed by atoms with Crippen molar-refractivity contribution in [1.82, 2.24) is 10.3 Å². The minimum atomic E-state index is -0.330. The Morgan fingerprint density at radius 3 is 2.95 bits per heavy atom. The summed E-state index contributed by atoms with van der Waals surface area (Å²) in [5, 5.41) is 4.44. The van der Waals surface area contributed by atoms with Crippen LogP contribution in [0.25, 0.3) is 10.9 Å². The largest absolute Gasteiger partial charge is 0.316 e. The van der Waals surface area contributed by atoms with Crippen LogP contribution in [0, 0.1) is 11.3 Å². The molecule has 1 saturated heterocycles. The van der Waals surface area contributed by atoms with E-state index in [2.05, 4.69) is 24.1 Å². The van der Waals surface area contributed by atoms with Gasteiger partial charge in [-0.3, -0.25) is 9.78 Å². The van der Waals surface area contributed by atoms with E-state index in [0.29, 0.717) is 5.92 Å². The number of pyridine rings is 1. The van der Waals surface area contributed by atoms with Crippen LogP contribution in [0.5, 0.6) is 0 Å². The first-order valence-electron chi connectivity index (χ1n) is 7.69. The monoisotopic (exact) mass is 282 g/mol. The zero-order valence-corrected chi connectivity index (χ0v) is 12.7. The number of fused-ring (bicyclic) bond motifs is 1. The van der Waals surface area contributed by atoms with E-state index in [-0.39, 0.29) is 11.2 Å². The van der Waals surface area contributed by atoms with Gasteiger partial charge in [0.1, 0.15) is 0 Å². The molecule has 3 nitrogen and oxygen atoms in total. The zero-order chi connectivity index (χ0) is 14.9. The third-order valence-electron chi connectivity index (χ3n) is 4.77. The number of piperidine rings is 1. The van der Waals surface area contributed by atoms with Gasteiger partial charge in [-0.25, -0.2) is 0 Å². The highest BCUT2D eigenvalue weighted by Crippen LogP contribution is 2.35. The van der Waals surface area contributed by atoms with E-state index < -0.39 is 0 Å². The minimum absolute atomic E-state index is 0.238. The number of hydrogen-bond donors (Lipinski definition) is 1. The van der Waals surface area contributed by atoms with Gasteiger partial charge in [0, 0.05) is 22.6 Å². The maximum atomic E-state index is 13.0. The molecule has 2 aromatic rings. The van der Waals surface area contributed by atoms with Crippen molar-refractivity contribution < 1.29 is 4.79 Å². The molecule has 1 N–H and O–H groups in total. The molecule has 1 aliphatic rings. The van der Waals surface area contributed by atoms with Gasteiger partial charge in [0.15, 0.2) is 5.78 Å². The van der Waals surface area contributed by atoms with Gasteiger partial charge < -0.3 is 5.32 Å². The number of rotatable bonds is 3. The molecule has 3 rings (SSSR count). The lowest BCUT2D eigenvalue weighted by Crippen LogP contribution is -2.42. The fraction of sp³-hybridized carbons (Fsp3) is 0.444. The van der Waals surface area contributed by atoms with E-state index in [0.717, 1.165) is 42.4 Å². The van der Waals surface area contributed by atoms with Crippen molar-refractivity contribution in [2.75, 3.05) is 13.1 Å². The molecule has 1 aromatic heterocycles. The molecule has 0 spiro atoms. The van der Waals surface area contributed by atoms with Crippen LogP contribution in [-0.2, 0) is 0 Å². The van der Waals surface area contributed by atoms with Crippen molar-refractivity contribution in [3.05, 3.63) is 42.1 Å². The first-order chi connectivity index (χ1) is 10.1. The molecule has 21 heavy (non-hydrogen) atoms. The quantitative estimate of drug-likeness (QED) is 0.877. The number of nitrogens with zero attached hydrogens (tertiary/aromatic N) is 1. The minimum Gasteiger partial charge on any atom is -0.316 e. The summed E-state index contributed by atoms with van der Waals surface area (Å²) in [5.74, 6) is 0.644. The summed E-state index contributed by atoms with van der Waals surface area (Å²) in [6.07, 6.45) is 4.06. The lowest BCUT2D eigenvalue weighted by molar-refractivity contribution is 0.0708. The highest BCUT2D eigenvalue weighted by atomic mass is 16.1. The van der Waals surface area contributed by atoms with Crippen molar-refractivity contribution in [2.24, 2.45) is 11.3 Å². The van der Waals surface area contributed by atoms with Crippen LogP contribution in [0.4, 0.5) is 0 Å². The van der Waals surface area contributed by atoms with Gasteiger partial charge >= 0.3 is 0 Å². The second-order valence-corrected chi connectivity index (χ2v) is 6.50. The second kappa shape index (κ2) is 5.57. The van der Waals surface area contributed by atoms with Crippen molar-refractivity contribution >= 4 is 16.7 Å². The molecule has 1 fully saturated rings. The maximum Gasteiger partial charge on any atom is 0.168 e. The van der Waals surface area contributed by atoms with Crippen molar-refractivity contribution in [1.29, 1.82) is 0 Å². The fourth-order valence-corrected chi connectivity index (χ4v) is 3.24. The summed E-state index contributed by atoms with van der Waals surface area (Å²) in [5.41, 5.74) is 1.40. The predicted octanol–water partition coefficient (Wildman–Crippen LogP) is 3.44. The molecule has 0 radical (unpaired) electrons. The normalized spacial score (nSPS) is 19.6. The summed E-state index contributed by atoms with van der Waals surface area (Å²) in [6.45, 7) is 6.18. The Kier molecular flexibility index (Phi) is 3.77. The van der Waals surface area contributed by atoms with Crippen LogP contribution in [0.3, 0.4) is 0 Å². The van der Waals surface area contributed by atoms with Gasteiger partial charge in [-0.1, -0.05) is 19.9 Å². The van der Waals surface area contributed by atoms with E-state index >= 15 is 0 Å². The number of nitrogens with one attached hydrogen (secondary N) is 1. The van der Waals surface area contributed by atoms with E-state index in [1.807, 2.05) is 30.3 Å². The second-order valence-electron chi connectivity index (χ2n) is 6.50. The summed E-state index contributed by atoms with van der Waals surface area (Å²) < 4.78 is 0. The van der Waals surface area contributed by atoms with Crippen LogP contribution >= 0.6 is 0 Å². The van der Waals surface area contributed by atoms with Crippen LogP contribution in [0.1, 0.15) is 37.0 Å². The SMILES string of the molecule is CC(C)(C(=O)c1ccc2ncccc2c1)C1CCCNC1. The predicted molar refractivity (Wildman–Crippen MR) is 85.4 cm³/mol. The van der Waals surface area contributed by atoms with E-state index in [9.17, 15) is 4.79 Å². The van der Waals surface area contributed by atoms with Crippen LogP contribution in [0.2, 0.25) is 0 Å². The average molecular weight is 282 g/mol. The van der Waals surface area contributed by atoms with E-state index in [1.54, 1.807) is 6.20 Å². The third-order valence-corrected chi connectivity index (χ3v) is 4.77. The first-order valence-corrected chi connectivity index (χ1v) is 7.69. The van der Waals surface area contributed by atoms with E-state index in [1.165, 1.54) is 0 Å². The van der Waals surface area contributed by atoms with Crippen molar-refractivity contribution in [2.45, 2.75) is 26.7 Å². The lowest BCUT2D eigenvalue weighted by Gasteiger charge is -2.36. The topological polar surface area (TPSA) is 42.0 Å². The zero-order valence-electron chi connectivity index (χ0n) is 12.7. The Morgan fingerprint density at radius 2 is 2.19 bits per heavy atom. The Bertz CT molecular complexity index is 657. The van der Waals surface area contributed by atoms with Gasteiger partial charge in [0.2, 0.25) is 0 Å². The molecule has 1 aliphatic heterocycles. The molecule has 1 aromatic carbocycles. The number of aromatic nitrogens is 1. The third kappa shape index (κ3) is 2.70. The smallest absolute Gasteiger partial charge is 0.168 e. The number of carbonyl (C=O) groups excluding carboxylic acids is 1. The Hall–Kier alpha value is -1.74. The van der Waals surface area contributed by atoms with Crippen LogP contribution < -0.4 is 5.32 Å². The average Bonchev–Trinajstić information content (AvgIpc) is 2.54.